The van der Waals surface area contributed by atoms with Gasteiger partial charge in [0, 0.05) is 0 Å². The Kier molecular flexibility index (Phi) is 12.4. The van der Waals surface area contributed by atoms with Gasteiger partial charge in [-0.3, -0.25) is 0 Å². The second kappa shape index (κ2) is 13.9. The van der Waals surface area contributed by atoms with E-state index in [9.17, 15) is 9.59 Å². The minimum absolute atomic E-state index is 0.227. The zero-order valence-corrected chi connectivity index (χ0v) is 21.5. The summed E-state index contributed by atoms with van der Waals surface area (Å²) in [5.74, 6) is -0.476. The third-order valence-electron chi connectivity index (χ3n) is 6.39. The molecule has 0 spiro atoms. The Morgan fingerprint density at radius 3 is 1.61 bits per heavy atom. The van der Waals surface area contributed by atoms with Gasteiger partial charge in [-0.05, 0) is 0 Å². The van der Waals surface area contributed by atoms with Crippen LogP contribution in [-0.2, 0) is 9.32 Å². The standard InChI is InChI=1S/C26H46NO3P/c1-6-10-19-31(20-11-7-2,21-12-8-3,22-13-9-4)30-26(29)23(5)27-25(28)24-17-15-14-16-18-24/h14-18,23H,6-13,19-22H2,1-5H3,(H,27,28). The zero-order chi connectivity index (χ0) is 23.2. The van der Waals surface area contributed by atoms with Crippen molar-refractivity contribution in [2.45, 2.75) is 92.0 Å². The van der Waals surface area contributed by atoms with E-state index in [4.69, 9.17) is 4.52 Å². The van der Waals surface area contributed by atoms with E-state index >= 15 is 0 Å². The first-order valence-corrected chi connectivity index (χ1v) is 15.3. The molecule has 178 valence electrons. The summed E-state index contributed by atoms with van der Waals surface area (Å²) >= 11 is 0. The average Bonchev–Trinajstić information content (AvgIpc) is 2.79. The maximum atomic E-state index is 13.4. The van der Waals surface area contributed by atoms with E-state index in [2.05, 4.69) is 33.0 Å². The summed E-state index contributed by atoms with van der Waals surface area (Å²) in [4.78, 5) is 26.0. The van der Waals surface area contributed by atoms with Crippen molar-refractivity contribution in [3.63, 3.8) is 0 Å². The van der Waals surface area contributed by atoms with E-state index in [1.54, 1.807) is 19.1 Å². The maximum absolute atomic E-state index is 13.4. The molecule has 0 radical (unpaired) electrons. The molecule has 5 heteroatoms. The van der Waals surface area contributed by atoms with Gasteiger partial charge in [-0.15, -0.1) is 0 Å². The second-order valence-corrected chi connectivity index (χ2v) is 14.8. The van der Waals surface area contributed by atoms with Gasteiger partial charge in [0.2, 0.25) is 0 Å². The molecule has 1 N–H and O–H groups in total. The fourth-order valence-electron chi connectivity index (χ4n) is 4.35. The third-order valence-corrected chi connectivity index (χ3v) is 12.9. The average molecular weight is 452 g/mol. The molecule has 1 aromatic carbocycles. The molecule has 31 heavy (non-hydrogen) atoms. The number of hydrogen-bond donors (Lipinski definition) is 1. The summed E-state index contributed by atoms with van der Waals surface area (Å²) in [6, 6.07) is 8.41. The summed E-state index contributed by atoms with van der Waals surface area (Å²) in [5, 5.41) is 2.87. The summed E-state index contributed by atoms with van der Waals surface area (Å²) < 4.78 is 6.71. The molecule has 1 atom stereocenters. The molecule has 1 amide bonds. The van der Waals surface area contributed by atoms with Crippen LogP contribution < -0.4 is 5.32 Å². The van der Waals surface area contributed by atoms with Gasteiger partial charge in [0.1, 0.15) is 0 Å². The van der Waals surface area contributed by atoms with E-state index in [1.165, 1.54) is 0 Å². The van der Waals surface area contributed by atoms with Crippen molar-refractivity contribution >= 4 is 18.7 Å². The number of rotatable bonds is 16. The predicted molar refractivity (Wildman–Crippen MR) is 135 cm³/mol. The van der Waals surface area contributed by atoms with Gasteiger partial charge in [-0.2, -0.15) is 0 Å². The molecule has 0 bridgehead atoms. The van der Waals surface area contributed by atoms with Gasteiger partial charge in [0.25, 0.3) is 0 Å². The van der Waals surface area contributed by atoms with Gasteiger partial charge in [0.05, 0.1) is 0 Å². The predicted octanol–water partition coefficient (Wildman–Crippen LogP) is 7.02. The number of nitrogens with one attached hydrogen (secondary N) is 1. The van der Waals surface area contributed by atoms with Gasteiger partial charge in [0.15, 0.2) is 0 Å². The monoisotopic (exact) mass is 451 g/mol. The number of benzene rings is 1. The quantitative estimate of drug-likeness (QED) is 0.275. The van der Waals surface area contributed by atoms with Crippen molar-refractivity contribution < 1.29 is 14.1 Å². The number of carbonyl (C=O) groups excluding carboxylic acids is 2. The molecule has 1 aromatic rings. The van der Waals surface area contributed by atoms with Crippen molar-refractivity contribution in [1.82, 2.24) is 5.32 Å². The van der Waals surface area contributed by atoms with Crippen LogP contribution in [0.2, 0.25) is 0 Å². The van der Waals surface area contributed by atoms with Crippen molar-refractivity contribution in [2.75, 3.05) is 24.6 Å². The first-order valence-electron chi connectivity index (χ1n) is 12.5. The molecule has 0 aliphatic carbocycles. The van der Waals surface area contributed by atoms with Gasteiger partial charge in [-0.25, -0.2) is 0 Å². The molecule has 0 fully saturated rings. The molecule has 0 saturated heterocycles. The molecule has 0 saturated carbocycles. The molecule has 0 aliphatic heterocycles. The van der Waals surface area contributed by atoms with Crippen LogP contribution in [0.25, 0.3) is 0 Å². The fraction of sp³-hybridized carbons (Fsp3) is 0.692. The molecular weight excluding hydrogens is 405 g/mol. The topological polar surface area (TPSA) is 55.4 Å². The van der Waals surface area contributed by atoms with E-state index in [-0.39, 0.29) is 11.9 Å². The van der Waals surface area contributed by atoms with Crippen molar-refractivity contribution in [3.05, 3.63) is 35.9 Å². The van der Waals surface area contributed by atoms with Gasteiger partial charge in [-0.1, -0.05) is 0 Å². The second-order valence-electron chi connectivity index (χ2n) is 9.14. The molecule has 0 aromatic heterocycles. The van der Waals surface area contributed by atoms with E-state index < -0.39 is 12.9 Å². The SMILES string of the molecule is CCCCP(CCCC)(CCCC)(CCCC)OC(=O)C(C)NC(=O)c1ccccc1. The Labute approximate surface area is 190 Å². The molecule has 1 rings (SSSR count). The Balaban J connectivity index is 3.15. The fourth-order valence-corrected chi connectivity index (χ4v) is 11.2. The molecule has 0 heterocycles. The minimum atomic E-state index is -2.69. The zero-order valence-electron chi connectivity index (χ0n) is 20.6. The van der Waals surface area contributed by atoms with Crippen LogP contribution in [0.3, 0.4) is 0 Å². The summed E-state index contributed by atoms with van der Waals surface area (Å²) in [6.07, 6.45) is 13.0. The Morgan fingerprint density at radius 2 is 1.23 bits per heavy atom. The van der Waals surface area contributed by atoms with Crippen LogP contribution in [-0.4, -0.2) is 42.6 Å². The summed E-state index contributed by atoms with van der Waals surface area (Å²) in [6.45, 7) is 7.94. The van der Waals surface area contributed by atoms with Crippen LogP contribution >= 0.6 is 6.83 Å². The number of unbranched alkanes of at least 4 members (excludes halogenated alkanes) is 4. The summed E-state index contributed by atoms with van der Waals surface area (Å²) in [7, 11) is 0. The van der Waals surface area contributed by atoms with E-state index in [1.807, 2.05) is 18.2 Å². The Morgan fingerprint density at radius 1 is 0.806 bits per heavy atom. The van der Waals surface area contributed by atoms with E-state index in [0.717, 1.165) is 76.0 Å². The van der Waals surface area contributed by atoms with Gasteiger partial charge < -0.3 is 0 Å². The molecule has 1 unspecified atom stereocenters. The third kappa shape index (κ3) is 8.56. The van der Waals surface area contributed by atoms with Crippen LogP contribution in [0, 0.1) is 0 Å². The number of carbonyl (C=O) groups is 2. The number of hydrogen-bond acceptors (Lipinski definition) is 3. The summed E-state index contributed by atoms with van der Waals surface area (Å²) in [5.41, 5.74) is 0.563. The van der Waals surface area contributed by atoms with Crippen LogP contribution in [0.4, 0.5) is 0 Å². The Bertz CT molecular complexity index is 618. The van der Waals surface area contributed by atoms with Crippen molar-refractivity contribution in [3.8, 4) is 0 Å². The van der Waals surface area contributed by atoms with Gasteiger partial charge >= 0.3 is 191 Å². The van der Waals surface area contributed by atoms with Crippen LogP contribution in [0.1, 0.15) is 96.3 Å². The number of amides is 1. The normalized spacial score (nSPS) is 13.8. The molecule has 0 aliphatic rings. The van der Waals surface area contributed by atoms with Crippen molar-refractivity contribution in [2.24, 2.45) is 0 Å². The van der Waals surface area contributed by atoms with E-state index in [0.29, 0.717) is 5.56 Å². The first kappa shape index (κ1) is 27.6. The van der Waals surface area contributed by atoms with Crippen LogP contribution in [0.15, 0.2) is 30.3 Å². The van der Waals surface area contributed by atoms with Crippen molar-refractivity contribution in [1.29, 1.82) is 0 Å². The Hall–Kier alpha value is -1.41. The molecular formula is C26H46NO3P. The molecule has 4 nitrogen and oxygen atoms in total. The van der Waals surface area contributed by atoms with Crippen LogP contribution in [0.5, 0.6) is 0 Å². The first-order chi connectivity index (χ1) is 14.8.